The zero-order valence-electron chi connectivity index (χ0n) is 10.8. The number of thioether (sulfide) groups is 2. The van der Waals surface area contributed by atoms with E-state index >= 15 is 0 Å². The number of carbonyl (C=O) groups excluding carboxylic acids is 1. The maximum atomic E-state index is 11.4. The Morgan fingerprint density at radius 3 is 2.78 bits per heavy atom. The summed E-state index contributed by atoms with van der Waals surface area (Å²) in [6.07, 6.45) is 0. The molecule has 96 valence electrons. The van der Waals surface area contributed by atoms with E-state index in [-0.39, 0.29) is 10.0 Å². The van der Waals surface area contributed by atoms with Crippen molar-refractivity contribution >= 4 is 29.5 Å². The average molecular weight is 280 g/mol. The fourth-order valence-electron chi connectivity index (χ4n) is 1.68. The van der Waals surface area contributed by atoms with Crippen LogP contribution < -0.4 is 0 Å². The molecular formula is C14H16O2S2. The first-order chi connectivity index (χ1) is 8.41. The molecule has 1 aliphatic heterocycles. The van der Waals surface area contributed by atoms with Gasteiger partial charge in [-0.25, -0.2) is 4.79 Å². The molecule has 1 heterocycles. The minimum absolute atomic E-state index is 0.139. The highest BCUT2D eigenvalue weighted by molar-refractivity contribution is 8.20. The predicted molar refractivity (Wildman–Crippen MR) is 77.1 cm³/mol. The second kappa shape index (κ2) is 5.02. The van der Waals surface area contributed by atoms with Crippen molar-refractivity contribution in [2.45, 2.75) is 34.6 Å². The number of hydrogen-bond donors (Lipinski definition) is 0. The van der Waals surface area contributed by atoms with Crippen molar-refractivity contribution in [3.05, 3.63) is 35.9 Å². The van der Waals surface area contributed by atoms with E-state index in [9.17, 15) is 4.79 Å². The Hall–Kier alpha value is -0.870. The van der Waals surface area contributed by atoms with Crippen LogP contribution in [0.15, 0.2) is 40.1 Å². The van der Waals surface area contributed by atoms with Gasteiger partial charge < -0.3 is 4.74 Å². The summed E-state index contributed by atoms with van der Waals surface area (Å²) < 4.78 is 5.14. The Bertz CT molecular complexity index is 511. The molecular weight excluding hydrogens is 264 g/mol. The van der Waals surface area contributed by atoms with Gasteiger partial charge in [-0.1, -0.05) is 18.7 Å². The van der Waals surface area contributed by atoms with Crippen molar-refractivity contribution in [3.8, 4) is 0 Å². The molecule has 0 amide bonds. The first-order valence-corrected chi connectivity index (χ1v) is 7.35. The van der Waals surface area contributed by atoms with Crippen LogP contribution in [0.2, 0.25) is 0 Å². The van der Waals surface area contributed by atoms with Crippen molar-refractivity contribution in [2.24, 2.45) is 0 Å². The highest BCUT2D eigenvalue weighted by atomic mass is 32.2. The number of aryl methyl sites for hydroxylation is 1. The Kier molecular flexibility index (Phi) is 3.78. The van der Waals surface area contributed by atoms with Crippen LogP contribution in [0.5, 0.6) is 0 Å². The zero-order chi connectivity index (χ0) is 13.3. The molecule has 0 aliphatic carbocycles. The molecule has 0 saturated carbocycles. The molecule has 0 saturated heterocycles. The normalized spacial score (nSPS) is 21.5. The highest BCUT2D eigenvalue weighted by Crippen LogP contribution is 2.56. The Morgan fingerprint density at radius 1 is 1.44 bits per heavy atom. The molecule has 18 heavy (non-hydrogen) atoms. The molecule has 0 N–H and O–H groups in total. The van der Waals surface area contributed by atoms with Crippen LogP contribution >= 0.6 is 23.5 Å². The molecule has 1 aliphatic rings. The number of hydrogen-bond acceptors (Lipinski definition) is 4. The van der Waals surface area contributed by atoms with E-state index in [1.807, 2.05) is 0 Å². The van der Waals surface area contributed by atoms with Gasteiger partial charge >= 0.3 is 5.97 Å². The number of carbonyl (C=O) groups is 1. The van der Waals surface area contributed by atoms with Gasteiger partial charge in [0, 0.05) is 15.4 Å². The van der Waals surface area contributed by atoms with E-state index in [2.05, 4.69) is 38.6 Å². The first kappa shape index (κ1) is 13.6. The maximum absolute atomic E-state index is 11.4. The van der Waals surface area contributed by atoms with E-state index < -0.39 is 0 Å². The van der Waals surface area contributed by atoms with Crippen molar-refractivity contribution < 1.29 is 9.53 Å². The lowest BCUT2D eigenvalue weighted by Crippen LogP contribution is -2.22. The van der Waals surface area contributed by atoms with Crippen LogP contribution in [0.3, 0.4) is 0 Å². The first-order valence-electron chi connectivity index (χ1n) is 5.71. The number of ether oxygens (including phenoxy) is 1. The fourth-order valence-corrected chi connectivity index (χ4v) is 4.55. The topological polar surface area (TPSA) is 26.3 Å². The van der Waals surface area contributed by atoms with Crippen molar-refractivity contribution in [1.29, 1.82) is 0 Å². The summed E-state index contributed by atoms with van der Waals surface area (Å²) in [5.74, 6) is -0.315. The quantitative estimate of drug-likeness (QED) is 0.617. The van der Waals surface area contributed by atoms with Gasteiger partial charge in [-0.15, -0.1) is 23.5 Å². The van der Waals surface area contributed by atoms with Gasteiger partial charge in [-0.2, -0.15) is 0 Å². The molecule has 1 aromatic rings. The number of fused-ring (bicyclic) bond motifs is 1. The third-order valence-corrected chi connectivity index (χ3v) is 5.67. The summed E-state index contributed by atoms with van der Waals surface area (Å²) in [7, 11) is 0. The standard InChI is InChI=1S/C14H16O2S2/c1-9(2)13(15)16-8-14(4)17-11-7-5-6-10(3)12(11)18-14/h5-7H,1,8H2,2-4H3. The Labute approximate surface area is 116 Å². The minimum Gasteiger partial charge on any atom is -0.460 e. The minimum atomic E-state index is -0.315. The monoisotopic (exact) mass is 280 g/mol. The molecule has 1 atom stereocenters. The molecule has 4 heteroatoms. The smallest absolute Gasteiger partial charge is 0.333 e. The van der Waals surface area contributed by atoms with Gasteiger partial charge in [0.2, 0.25) is 0 Å². The van der Waals surface area contributed by atoms with E-state index in [4.69, 9.17) is 4.74 Å². The number of esters is 1. The average Bonchev–Trinajstić information content (AvgIpc) is 2.65. The second-order valence-corrected chi connectivity index (χ2v) is 7.91. The lowest BCUT2D eigenvalue weighted by Gasteiger charge is -2.21. The molecule has 0 bridgehead atoms. The fraction of sp³-hybridized carbons (Fsp3) is 0.357. The SMILES string of the molecule is C=C(C)C(=O)OCC1(C)Sc2cccc(C)c2S1. The summed E-state index contributed by atoms with van der Waals surface area (Å²) in [4.78, 5) is 14.0. The van der Waals surface area contributed by atoms with Gasteiger partial charge in [0.15, 0.2) is 0 Å². The maximum Gasteiger partial charge on any atom is 0.333 e. The lowest BCUT2D eigenvalue weighted by atomic mass is 10.2. The van der Waals surface area contributed by atoms with Gasteiger partial charge in [-0.05, 0) is 32.4 Å². The molecule has 2 nitrogen and oxygen atoms in total. The molecule has 0 fully saturated rings. The van der Waals surface area contributed by atoms with E-state index in [1.54, 1.807) is 30.4 Å². The summed E-state index contributed by atoms with van der Waals surface area (Å²) in [6.45, 7) is 9.86. The molecule has 2 rings (SSSR count). The predicted octanol–water partition coefficient (Wildman–Crippen LogP) is 4.03. The van der Waals surface area contributed by atoms with E-state index in [1.165, 1.54) is 15.4 Å². The summed E-state index contributed by atoms with van der Waals surface area (Å²) >= 11 is 3.54. The van der Waals surface area contributed by atoms with Gasteiger partial charge in [0.1, 0.15) is 10.7 Å². The van der Waals surface area contributed by atoms with Crippen LogP contribution in [0.25, 0.3) is 0 Å². The molecule has 1 aromatic carbocycles. The molecule has 0 radical (unpaired) electrons. The Balaban J connectivity index is 2.07. The van der Waals surface area contributed by atoms with E-state index in [0.717, 1.165) is 0 Å². The lowest BCUT2D eigenvalue weighted by molar-refractivity contribution is -0.139. The van der Waals surface area contributed by atoms with Gasteiger partial charge in [0.05, 0.1) is 0 Å². The van der Waals surface area contributed by atoms with Crippen molar-refractivity contribution in [2.75, 3.05) is 6.61 Å². The highest BCUT2D eigenvalue weighted by Gasteiger charge is 2.37. The number of rotatable bonds is 3. The van der Waals surface area contributed by atoms with Gasteiger partial charge in [0.25, 0.3) is 0 Å². The molecule has 0 spiro atoms. The van der Waals surface area contributed by atoms with Crippen molar-refractivity contribution in [1.82, 2.24) is 0 Å². The Morgan fingerprint density at radius 2 is 2.17 bits per heavy atom. The van der Waals surface area contributed by atoms with Crippen LogP contribution in [-0.2, 0) is 9.53 Å². The van der Waals surface area contributed by atoms with E-state index in [0.29, 0.717) is 12.2 Å². The second-order valence-electron chi connectivity index (χ2n) is 4.60. The third kappa shape index (κ3) is 2.75. The number of benzene rings is 1. The van der Waals surface area contributed by atoms with Crippen LogP contribution in [0, 0.1) is 6.92 Å². The molecule has 0 aromatic heterocycles. The summed E-state index contributed by atoms with van der Waals surface area (Å²) in [5.41, 5.74) is 1.72. The van der Waals surface area contributed by atoms with Crippen LogP contribution in [0.1, 0.15) is 19.4 Å². The third-order valence-electron chi connectivity index (χ3n) is 2.63. The molecule has 1 unspecified atom stereocenters. The largest absolute Gasteiger partial charge is 0.460 e. The van der Waals surface area contributed by atoms with Crippen molar-refractivity contribution in [3.63, 3.8) is 0 Å². The zero-order valence-corrected chi connectivity index (χ0v) is 12.4. The summed E-state index contributed by atoms with van der Waals surface area (Å²) in [5, 5.41) is 0. The van der Waals surface area contributed by atoms with Crippen LogP contribution in [0.4, 0.5) is 0 Å². The van der Waals surface area contributed by atoms with Gasteiger partial charge in [-0.3, -0.25) is 0 Å². The van der Waals surface area contributed by atoms with Crippen LogP contribution in [-0.4, -0.2) is 16.7 Å². The summed E-state index contributed by atoms with van der Waals surface area (Å²) in [6, 6.07) is 6.29.